The predicted molar refractivity (Wildman–Crippen MR) is 87.5 cm³/mol. The molecular weight excluding hydrogens is 345 g/mol. The Morgan fingerprint density at radius 1 is 1.18 bits per heavy atom. The molecule has 2 aromatic rings. The van der Waals surface area contributed by atoms with Crippen molar-refractivity contribution in [3.63, 3.8) is 0 Å². The lowest BCUT2D eigenvalue weighted by Crippen LogP contribution is -2.30. The van der Waals surface area contributed by atoms with E-state index in [4.69, 9.17) is 27.9 Å². The Hall–Kier alpha value is -1.56. The zero-order valence-electron chi connectivity index (χ0n) is 11.7. The molecule has 1 aromatic heterocycles. The maximum absolute atomic E-state index is 12.0. The number of thiophene rings is 1. The molecule has 0 radical (unpaired) electrons. The van der Waals surface area contributed by atoms with Crippen LogP contribution in [0.3, 0.4) is 0 Å². The fraction of sp³-hybridized carbons (Fsp3) is 0.200. The molecule has 1 heterocycles. The molecule has 0 unspecified atom stereocenters. The van der Waals surface area contributed by atoms with E-state index in [-0.39, 0.29) is 28.1 Å². The monoisotopic (exact) mass is 357 g/mol. The maximum Gasteiger partial charge on any atom is 0.341 e. The highest BCUT2D eigenvalue weighted by Crippen LogP contribution is 2.24. The number of likely N-dealkylation sites (N-methyl/N-ethyl adjacent to an activating group) is 1. The number of carbonyl (C=O) groups excluding carboxylic acids is 2. The average Bonchev–Trinajstić information content (AvgIpc) is 2.97. The standard InChI is InChI=1S/C15H13Cl2NO3S/c1-18(8-10-4-3-7-22-10)13(19)9-21-15(20)14-11(16)5-2-6-12(14)17/h2-7H,8-9H2,1H3. The first-order valence-electron chi connectivity index (χ1n) is 6.36. The normalized spacial score (nSPS) is 10.3. The molecule has 4 nitrogen and oxygen atoms in total. The first-order valence-corrected chi connectivity index (χ1v) is 8.00. The number of amides is 1. The number of benzene rings is 1. The number of hydrogen-bond donors (Lipinski definition) is 0. The zero-order chi connectivity index (χ0) is 16.1. The van der Waals surface area contributed by atoms with Gasteiger partial charge >= 0.3 is 5.97 Å². The number of ether oxygens (including phenoxy) is 1. The lowest BCUT2D eigenvalue weighted by atomic mass is 10.2. The molecule has 0 spiro atoms. The van der Waals surface area contributed by atoms with E-state index in [0.29, 0.717) is 6.54 Å². The summed E-state index contributed by atoms with van der Waals surface area (Å²) in [6, 6.07) is 8.55. The topological polar surface area (TPSA) is 46.6 Å². The van der Waals surface area contributed by atoms with E-state index in [1.165, 1.54) is 17.0 Å². The van der Waals surface area contributed by atoms with Gasteiger partial charge in [0.05, 0.1) is 22.2 Å². The van der Waals surface area contributed by atoms with Gasteiger partial charge in [-0.25, -0.2) is 4.79 Å². The molecule has 0 aliphatic carbocycles. The summed E-state index contributed by atoms with van der Waals surface area (Å²) in [5, 5.41) is 2.32. The highest BCUT2D eigenvalue weighted by Gasteiger charge is 2.18. The first kappa shape index (κ1) is 16.8. The van der Waals surface area contributed by atoms with Crippen molar-refractivity contribution in [3.05, 3.63) is 56.2 Å². The Kier molecular flexibility index (Phi) is 5.83. The second kappa shape index (κ2) is 7.63. The van der Waals surface area contributed by atoms with Crippen LogP contribution >= 0.6 is 34.5 Å². The minimum absolute atomic E-state index is 0.0690. The molecule has 0 bridgehead atoms. The first-order chi connectivity index (χ1) is 10.5. The van der Waals surface area contributed by atoms with Crippen LogP contribution in [-0.4, -0.2) is 30.4 Å². The smallest absolute Gasteiger partial charge is 0.341 e. The molecular formula is C15H13Cl2NO3S. The van der Waals surface area contributed by atoms with E-state index in [0.717, 1.165) is 4.88 Å². The van der Waals surface area contributed by atoms with E-state index in [1.54, 1.807) is 24.5 Å². The molecule has 7 heteroatoms. The highest BCUT2D eigenvalue weighted by atomic mass is 35.5. The minimum Gasteiger partial charge on any atom is -0.452 e. The minimum atomic E-state index is -0.714. The second-order valence-corrected chi connectivity index (χ2v) is 6.35. The van der Waals surface area contributed by atoms with Gasteiger partial charge in [-0.05, 0) is 23.6 Å². The fourth-order valence-corrected chi connectivity index (χ4v) is 3.04. The van der Waals surface area contributed by atoms with Gasteiger partial charge in [-0.15, -0.1) is 11.3 Å². The van der Waals surface area contributed by atoms with Gasteiger partial charge in [0.2, 0.25) is 0 Å². The Morgan fingerprint density at radius 2 is 1.86 bits per heavy atom. The third-order valence-corrected chi connectivity index (χ3v) is 4.38. The Bertz CT molecular complexity index is 653. The van der Waals surface area contributed by atoms with Crippen LogP contribution in [-0.2, 0) is 16.1 Å². The number of esters is 1. The van der Waals surface area contributed by atoms with E-state index < -0.39 is 5.97 Å². The zero-order valence-corrected chi connectivity index (χ0v) is 14.0. The molecule has 0 aliphatic heterocycles. The fourth-order valence-electron chi connectivity index (χ4n) is 1.73. The summed E-state index contributed by atoms with van der Waals surface area (Å²) in [6.45, 7) is 0.114. The number of nitrogens with zero attached hydrogens (tertiary/aromatic N) is 1. The van der Waals surface area contributed by atoms with Gasteiger partial charge < -0.3 is 9.64 Å². The van der Waals surface area contributed by atoms with Gasteiger partial charge in [-0.1, -0.05) is 35.3 Å². The summed E-state index contributed by atoms with van der Waals surface area (Å²) in [5.74, 6) is -1.02. The molecule has 0 N–H and O–H groups in total. The molecule has 0 saturated heterocycles. The molecule has 0 atom stereocenters. The molecule has 0 saturated carbocycles. The average molecular weight is 358 g/mol. The van der Waals surface area contributed by atoms with E-state index in [9.17, 15) is 9.59 Å². The SMILES string of the molecule is CN(Cc1cccs1)C(=O)COC(=O)c1c(Cl)cccc1Cl. The largest absolute Gasteiger partial charge is 0.452 e. The van der Waals surface area contributed by atoms with Gasteiger partial charge in [0.1, 0.15) is 0 Å². The van der Waals surface area contributed by atoms with Gasteiger partial charge in [0.25, 0.3) is 5.91 Å². The van der Waals surface area contributed by atoms with Gasteiger partial charge in [-0.2, -0.15) is 0 Å². The summed E-state index contributed by atoms with van der Waals surface area (Å²) in [4.78, 5) is 26.5. The molecule has 1 amide bonds. The molecule has 0 fully saturated rings. The quantitative estimate of drug-likeness (QED) is 0.763. The van der Waals surface area contributed by atoms with Crippen molar-refractivity contribution in [2.24, 2.45) is 0 Å². The van der Waals surface area contributed by atoms with Crippen molar-refractivity contribution >= 4 is 46.4 Å². The van der Waals surface area contributed by atoms with Crippen LogP contribution in [0.2, 0.25) is 10.0 Å². The number of carbonyl (C=O) groups is 2. The van der Waals surface area contributed by atoms with E-state index in [1.807, 2.05) is 17.5 Å². The molecule has 1 aromatic carbocycles. The van der Waals surface area contributed by atoms with E-state index in [2.05, 4.69) is 0 Å². The summed E-state index contributed by atoms with van der Waals surface area (Å²) >= 11 is 13.4. The van der Waals surface area contributed by atoms with Crippen molar-refractivity contribution in [2.75, 3.05) is 13.7 Å². The summed E-state index contributed by atoms with van der Waals surface area (Å²) < 4.78 is 5.00. The number of rotatable bonds is 5. The van der Waals surface area contributed by atoms with Crippen LogP contribution < -0.4 is 0 Å². The highest BCUT2D eigenvalue weighted by molar-refractivity contribution is 7.09. The lowest BCUT2D eigenvalue weighted by Gasteiger charge is -2.16. The third kappa shape index (κ3) is 4.22. The van der Waals surface area contributed by atoms with E-state index >= 15 is 0 Å². The predicted octanol–water partition coefficient (Wildman–Crippen LogP) is 3.87. The maximum atomic E-state index is 12.0. The van der Waals surface area contributed by atoms with Crippen LogP contribution in [0.4, 0.5) is 0 Å². The van der Waals surface area contributed by atoms with Crippen LogP contribution in [0.1, 0.15) is 15.2 Å². The van der Waals surface area contributed by atoms with Gasteiger partial charge in [0.15, 0.2) is 6.61 Å². The Morgan fingerprint density at radius 3 is 2.45 bits per heavy atom. The summed E-state index contributed by atoms with van der Waals surface area (Å²) in [7, 11) is 1.65. The Balaban J connectivity index is 1.92. The number of hydrogen-bond acceptors (Lipinski definition) is 4. The van der Waals surface area contributed by atoms with Crippen molar-refractivity contribution in [2.45, 2.75) is 6.54 Å². The van der Waals surface area contributed by atoms with Crippen molar-refractivity contribution in [1.82, 2.24) is 4.90 Å². The molecule has 22 heavy (non-hydrogen) atoms. The van der Waals surface area contributed by atoms with Crippen molar-refractivity contribution in [3.8, 4) is 0 Å². The van der Waals surface area contributed by atoms with Crippen LogP contribution in [0.5, 0.6) is 0 Å². The summed E-state index contributed by atoms with van der Waals surface area (Å²) in [5.41, 5.74) is 0.0690. The second-order valence-electron chi connectivity index (χ2n) is 4.50. The molecule has 0 aliphatic rings. The summed E-state index contributed by atoms with van der Waals surface area (Å²) in [6.07, 6.45) is 0. The Labute approximate surface area is 142 Å². The molecule has 116 valence electrons. The van der Waals surface area contributed by atoms with Crippen molar-refractivity contribution in [1.29, 1.82) is 0 Å². The lowest BCUT2D eigenvalue weighted by molar-refractivity contribution is -0.133. The molecule has 2 rings (SSSR count). The van der Waals surface area contributed by atoms with Crippen LogP contribution in [0.15, 0.2) is 35.7 Å². The van der Waals surface area contributed by atoms with Crippen LogP contribution in [0, 0.1) is 0 Å². The van der Waals surface area contributed by atoms with Gasteiger partial charge in [-0.3, -0.25) is 4.79 Å². The van der Waals surface area contributed by atoms with Gasteiger partial charge in [0, 0.05) is 11.9 Å². The van der Waals surface area contributed by atoms with Crippen LogP contribution in [0.25, 0.3) is 0 Å². The number of halogens is 2. The third-order valence-electron chi connectivity index (χ3n) is 2.89. The van der Waals surface area contributed by atoms with Crippen molar-refractivity contribution < 1.29 is 14.3 Å².